The van der Waals surface area contributed by atoms with Gasteiger partial charge in [-0.3, -0.25) is 4.57 Å². The predicted octanol–water partition coefficient (Wildman–Crippen LogP) is 3.31. The van der Waals surface area contributed by atoms with Crippen LogP contribution in [-0.4, -0.2) is 27.9 Å². The minimum Gasteiger partial charge on any atom is -0.383 e. The maximum Gasteiger partial charge on any atom is 0.351 e. The second-order valence-corrected chi connectivity index (χ2v) is 7.93. The van der Waals surface area contributed by atoms with Crippen LogP contribution >= 0.6 is 0 Å². The molecular weight excluding hydrogens is 394 g/mol. The van der Waals surface area contributed by atoms with Gasteiger partial charge in [0, 0.05) is 12.6 Å². The Morgan fingerprint density at radius 2 is 1.71 bits per heavy atom. The van der Waals surface area contributed by atoms with Crippen LogP contribution in [0.2, 0.25) is 0 Å². The SMILES string of the molecule is C[C@]1(COCc2ccccc2)O[C@@H](n2ccc(N)nc2=O)C[C@@H]1OCc1ccccc1. The average molecular weight is 421 g/mol. The Balaban J connectivity index is 1.49. The first kappa shape index (κ1) is 21.2. The molecule has 1 saturated heterocycles. The number of hydrogen-bond acceptors (Lipinski definition) is 6. The highest BCUT2D eigenvalue weighted by Crippen LogP contribution is 2.38. The Kier molecular flexibility index (Phi) is 6.46. The molecule has 0 aliphatic carbocycles. The zero-order chi connectivity index (χ0) is 21.7. The summed E-state index contributed by atoms with van der Waals surface area (Å²) in [5.41, 5.74) is 6.62. The molecule has 0 spiro atoms. The molecule has 1 aliphatic heterocycles. The van der Waals surface area contributed by atoms with Crippen LogP contribution in [0.5, 0.6) is 0 Å². The standard InChI is InChI=1S/C24H27N3O4/c1-24(17-29-15-18-8-4-2-5-9-18)20(30-16-19-10-6-3-7-11-19)14-22(31-24)27-13-12-21(25)26-23(27)28/h2-13,20,22H,14-17H2,1H3,(H2,25,26,28)/t20-,22+,24+/m0/s1. The summed E-state index contributed by atoms with van der Waals surface area (Å²) in [6.45, 7) is 3.21. The molecule has 0 amide bonds. The van der Waals surface area contributed by atoms with E-state index < -0.39 is 17.5 Å². The van der Waals surface area contributed by atoms with Crippen LogP contribution in [0.3, 0.4) is 0 Å². The molecule has 0 radical (unpaired) electrons. The zero-order valence-corrected chi connectivity index (χ0v) is 17.5. The van der Waals surface area contributed by atoms with Gasteiger partial charge in [-0.2, -0.15) is 4.98 Å². The van der Waals surface area contributed by atoms with Gasteiger partial charge in [-0.1, -0.05) is 60.7 Å². The molecule has 3 aromatic rings. The van der Waals surface area contributed by atoms with Gasteiger partial charge in [-0.25, -0.2) is 4.79 Å². The fourth-order valence-corrected chi connectivity index (χ4v) is 3.77. The fraction of sp³-hybridized carbons (Fsp3) is 0.333. The Labute approximate surface area is 181 Å². The maximum atomic E-state index is 12.3. The summed E-state index contributed by atoms with van der Waals surface area (Å²) >= 11 is 0. The van der Waals surface area contributed by atoms with Crippen molar-refractivity contribution in [2.75, 3.05) is 12.3 Å². The Hall–Kier alpha value is -3.00. The third-order valence-corrected chi connectivity index (χ3v) is 5.46. The van der Waals surface area contributed by atoms with Crippen molar-refractivity contribution >= 4 is 5.82 Å². The van der Waals surface area contributed by atoms with Gasteiger partial charge in [-0.05, 0) is 24.1 Å². The molecule has 0 unspecified atom stereocenters. The highest BCUT2D eigenvalue weighted by molar-refractivity contribution is 5.23. The smallest absolute Gasteiger partial charge is 0.351 e. The lowest BCUT2D eigenvalue weighted by molar-refractivity contribution is -0.146. The molecule has 0 saturated carbocycles. The molecule has 4 rings (SSSR count). The highest BCUT2D eigenvalue weighted by Gasteiger charge is 2.47. The summed E-state index contributed by atoms with van der Waals surface area (Å²) in [5, 5.41) is 0. The second-order valence-electron chi connectivity index (χ2n) is 7.93. The lowest BCUT2D eigenvalue weighted by Gasteiger charge is -2.30. The average Bonchev–Trinajstić information content (AvgIpc) is 3.10. The van der Waals surface area contributed by atoms with E-state index in [1.165, 1.54) is 4.57 Å². The molecule has 2 heterocycles. The lowest BCUT2D eigenvalue weighted by Crippen LogP contribution is -2.42. The van der Waals surface area contributed by atoms with E-state index in [2.05, 4.69) is 4.98 Å². The number of nitrogens with two attached hydrogens (primary N) is 1. The first-order valence-corrected chi connectivity index (χ1v) is 10.3. The fourth-order valence-electron chi connectivity index (χ4n) is 3.77. The second kappa shape index (κ2) is 9.43. The molecule has 2 aromatic carbocycles. The van der Waals surface area contributed by atoms with Crippen LogP contribution in [0.25, 0.3) is 0 Å². The van der Waals surface area contributed by atoms with Crippen LogP contribution in [0.15, 0.2) is 77.7 Å². The van der Waals surface area contributed by atoms with E-state index in [1.54, 1.807) is 12.3 Å². The number of nitrogen functional groups attached to an aromatic ring is 1. The van der Waals surface area contributed by atoms with Gasteiger partial charge in [0.1, 0.15) is 17.6 Å². The summed E-state index contributed by atoms with van der Waals surface area (Å²) < 4.78 is 20.0. The van der Waals surface area contributed by atoms with Crippen molar-refractivity contribution in [3.05, 3.63) is 94.5 Å². The van der Waals surface area contributed by atoms with E-state index in [-0.39, 0.29) is 11.9 Å². The molecule has 7 nitrogen and oxygen atoms in total. The van der Waals surface area contributed by atoms with E-state index in [9.17, 15) is 4.79 Å². The number of anilines is 1. The zero-order valence-electron chi connectivity index (χ0n) is 17.5. The van der Waals surface area contributed by atoms with E-state index in [1.807, 2.05) is 67.6 Å². The van der Waals surface area contributed by atoms with Crippen molar-refractivity contribution in [2.45, 2.75) is 44.5 Å². The molecular formula is C24H27N3O4. The minimum atomic E-state index is -0.727. The van der Waals surface area contributed by atoms with Crippen LogP contribution in [0.1, 0.15) is 30.7 Å². The summed E-state index contributed by atoms with van der Waals surface area (Å²) in [4.78, 5) is 16.2. The largest absolute Gasteiger partial charge is 0.383 e. The van der Waals surface area contributed by atoms with E-state index in [0.717, 1.165) is 11.1 Å². The van der Waals surface area contributed by atoms with E-state index >= 15 is 0 Å². The van der Waals surface area contributed by atoms with Gasteiger partial charge in [0.2, 0.25) is 0 Å². The molecule has 3 atom stereocenters. The quantitative estimate of drug-likeness (QED) is 0.600. The molecule has 1 aliphatic rings. The van der Waals surface area contributed by atoms with Crippen molar-refractivity contribution in [3.8, 4) is 0 Å². The van der Waals surface area contributed by atoms with Gasteiger partial charge in [-0.15, -0.1) is 0 Å². The van der Waals surface area contributed by atoms with Gasteiger partial charge in [0.25, 0.3) is 0 Å². The summed E-state index contributed by atoms with van der Waals surface area (Å²) in [6.07, 6.45) is 1.34. The Morgan fingerprint density at radius 1 is 1.06 bits per heavy atom. The van der Waals surface area contributed by atoms with Crippen molar-refractivity contribution in [1.82, 2.24) is 9.55 Å². The molecule has 1 fully saturated rings. The third kappa shape index (κ3) is 5.19. The van der Waals surface area contributed by atoms with Crippen molar-refractivity contribution in [3.63, 3.8) is 0 Å². The maximum absolute atomic E-state index is 12.3. The van der Waals surface area contributed by atoms with Crippen molar-refractivity contribution < 1.29 is 14.2 Å². The third-order valence-electron chi connectivity index (χ3n) is 5.46. The molecule has 1 aromatic heterocycles. The first-order valence-electron chi connectivity index (χ1n) is 10.3. The Bertz CT molecular complexity index is 1040. The number of rotatable bonds is 8. The van der Waals surface area contributed by atoms with Gasteiger partial charge >= 0.3 is 5.69 Å². The van der Waals surface area contributed by atoms with Crippen molar-refractivity contribution in [1.29, 1.82) is 0 Å². The topological polar surface area (TPSA) is 88.6 Å². The molecule has 0 bridgehead atoms. The monoisotopic (exact) mass is 421 g/mol. The molecule has 7 heteroatoms. The van der Waals surface area contributed by atoms with Crippen LogP contribution in [0, 0.1) is 0 Å². The summed E-state index contributed by atoms with van der Waals surface area (Å²) in [6, 6.07) is 21.5. The number of ether oxygens (including phenoxy) is 3. The normalized spacial score (nSPS) is 23.1. The van der Waals surface area contributed by atoms with Crippen LogP contribution in [0.4, 0.5) is 5.82 Å². The van der Waals surface area contributed by atoms with Gasteiger partial charge in [0.05, 0.1) is 25.9 Å². The molecule has 31 heavy (non-hydrogen) atoms. The van der Waals surface area contributed by atoms with Crippen LogP contribution < -0.4 is 11.4 Å². The van der Waals surface area contributed by atoms with E-state index in [4.69, 9.17) is 19.9 Å². The number of aromatic nitrogens is 2. The first-order chi connectivity index (χ1) is 15.0. The van der Waals surface area contributed by atoms with Gasteiger partial charge in [0.15, 0.2) is 0 Å². The Morgan fingerprint density at radius 3 is 2.35 bits per heavy atom. The number of hydrogen-bond donors (Lipinski definition) is 1. The number of nitrogens with zero attached hydrogens (tertiary/aromatic N) is 2. The highest BCUT2D eigenvalue weighted by atomic mass is 16.6. The predicted molar refractivity (Wildman–Crippen MR) is 117 cm³/mol. The molecule has 2 N–H and O–H groups in total. The number of benzene rings is 2. The summed E-state index contributed by atoms with van der Waals surface area (Å²) in [5.74, 6) is 0.185. The minimum absolute atomic E-state index is 0.185. The van der Waals surface area contributed by atoms with Crippen molar-refractivity contribution in [2.24, 2.45) is 0 Å². The van der Waals surface area contributed by atoms with E-state index in [0.29, 0.717) is 26.2 Å². The van der Waals surface area contributed by atoms with Crippen LogP contribution in [-0.2, 0) is 27.4 Å². The van der Waals surface area contributed by atoms with Gasteiger partial charge < -0.3 is 19.9 Å². The lowest BCUT2D eigenvalue weighted by atomic mass is 10.00. The molecule has 162 valence electrons. The summed E-state index contributed by atoms with van der Waals surface area (Å²) in [7, 11) is 0.